The van der Waals surface area contributed by atoms with Gasteiger partial charge in [0.2, 0.25) is 0 Å². The number of rotatable bonds is 7. The maximum Gasteiger partial charge on any atom is 0.261 e. The van der Waals surface area contributed by atoms with E-state index in [1.807, 2.05) is 12.1 Å². The predicted molar refractivity (Wildman–Crippen MR) is 139 cm³/mol. The number of carbonyl (C=O) groups is 2. The second-order valence-corrected chi connectivity index (χ2v) is 11.8. The van der Waals surface area contributed by atoms with E-state index in [9.17, 15) is 9.59 Å². The van der Waals surface area contributed by atoms with E-state index in [0.717, 1.165) is 13.0 Å². The number of aryl methyl sites for hydroxylation is 1. The molecule has 0 bridgehead atoms. The third-order valence-electron chi connectivity index (χ3n) is 9.15. The molecule has 4 heteroatoms. The highest BCUT2D eigenvalue weighted by Gasteiger charge is 2.51. The smallest absolute Gasteiger partial charge is 0.261 e. The predicted octanol–water partition coefficient (Wildman–Crippen LogP) is 6.52. The molecule has 1 aliphatic heterocycles. The van der Waals surface area contributed by atoms with E-state index >= 15 is 0 Å². The van der Waals surface area contributed by atoms with E-state index < -0.39 is 0 Å². The van der Waals surface area contributed by atoms with Gasteiger partial charge in [0.15, 0.2) is 0 Å². The summed E-state index contributed by atoms with van der Waals surface area (Å²) >= 11 is 0. The highest BCUT2D eigenvalue weighted by molar-refractivity contribution is 6.21. The molecule has 186 valence electrons. The summed E-state index contributed by atoms with van der Waals surface area (Å²) in [5.74, 6) is 0.817. The van der Waals surface area contributed by atoms with Crippen LogP contribution >= 0.6 is 0 Å². The normalized spacial score (nSPS) is 27.7. The van der Waals surface area contributed by atoms with Crippen LogP contribution in [-0.4, -0.2) is 36.5 Å². The van der Waals surface area contributed by atoms with Gasteiger partial charge in [-0.05, 0) is 83.6 Å². The van der Waals surface area contributed by atoms with Crippen molar-refractivity contribution in [1.82, 2.24) is 4.90 Å². The zero-order valence-corrected chi connectivity index (χ0v) is 21.7. The zero-order valence-electron chi connectivity index (χ0n) is 21.7. The topological polar surface area (TPSA) is 46.6 Å². The largest absolute Gasteiger partial charge is 0.381 e. The van der Waals surface area contributed by atoms with Crippen LogP contribution in [0.5, 0.6) is 0 Å². The molecule has 2 aliphatic carbocycles. The minimum Gasteiger partial charge on any atom is -0.381 e. The van der Waals surface area contributed by atoms with Gasteiger partial charge in [0, 0.05) is 13.2 Å². The number of benzene rings is 2. The molecule has 35 heavy (non-hydrogen) atoms. The molecule has 1 heterocycles. The van der Waals surface area contributed by atoms with E-state index in [0.29, 0.717) is 42.5 Å². The van der Waals surface area contributed by atoms with Gasteiger partial charge < -0.3 is 4.74 Å². The van der Waals surface area contributed by atoms with Gasteiger partial charge in [-0.25, -0.2) is 0 Å². The highest BCUT2D eigenvalue weighted by atomic mass is 16.5. The van der Waals surface area contributed by atoms with E-state index in [4.69, 9.17) is 4.74 Å². The third-order valence-corrected chi connectivity index (χ3v) is 9.15. The molecule has 0 N–H and O–H groups in total. The van der Waals surface area contributed by atoms with Crippen molar-refractivity contribution in [3.63, 3.8) is 0 Å². The van der Waals surface area contributed by atoms with Gasteiger partial charge in [0.25, 0.3) is 11.8 Å². The molecule has 2 aromatic rings. The Morgan fingerprint density at radius 2 is 1.74 bits per heavy atom. The Balaban J connectivity index is 1.20. The molecule has 0 saturated heterocycles. The summed E-state index contributed by atoms with van der Waals surface area (Å²) in [7, 11) is 0. The Bertz CT molecular complexity index is 1100. The van der Waals surface area contributed by atoms with Gasteiger partial charge in [0.05, 0.1) is 17.7 Å². The molecular formula is C31H39NO3. The summed E-state index contributed by atoms with van der Waals surface area (Å²) < 4.78 is 6.27. The van der Waals surface area contributed by atoms with Crippen LogP contribution in [0.2, 0.25) is 0 Å². The molecular weight excluding hydrogens is 434 g/mol. The fourth-order valence-electron chi connectivity index (χ4n) is 7.25. The molecule has 0 aromatic heterocycles. The number of hydrogen-bond donors (Lipinski definition) is 0. The number of imide groups is 1. The number of ether oxygens (including phenoxy) is 1. The highest BCUT2D eigenvalue weighted by Crippen LogP contribution is 2.57. The lowest BCUT2D eigenvalue weighted by molar-refractivity contribution is -0.0471. The van der Waals surface area contributed by atoms with E-state index in [2.05, 4.69) is 45.9 Å². The van der Waals surface area contributed by atoms with Crippen molar-refractivity contribution in [2.24, 2.45) is 11.3 Å². The number of hydrogen-bond acceptors (Lipinski definition) is 3. The minimum atomic E-state index is -0.179. The first kappa shape index (κ1) is 24.2. The Labute approximate surface area is 210 Å². The van der Waals surface area contributed by atoms with Gasteiger partial charge in [-0.2, -0.15) is 0 Å². The summed E-state index contributed by atoms with van der Waals surface area (Å²) in [6.45, 7) is 11.2. The second-order valence-electron chi connectivity index (χ2n) is 11.8. The van der Waals surface area contributed by atoms with Crippen molar-refractivity contribution in [3.05, 3.63) is 70.3 Å². The Morgan fingerprint density at radius 1 is 1.03 bits per heavy atom. The van der Waals surface area contributed by atoms with Crippen LogP contribution in [0, 0.1) is 11.3 Å². The lowest BCUT2D eigenvalue weighted by Gasteiger charge is -2.55. The summed E-state index contributed by atoms with van der Waals surface area (Å²) in [5, 5.41) is 0. The van der Waals surface area contributed by atoms with E-state index in [1.54, 1.807) is 23.3 Å². The van der Waals surface area contributed by atoms with Crippen LogP contribution in [0.15, 0.2) is 42.5 Å². The van der Waals surface area contributed by atoms with Crippen molar-refractivity contribution < 1.29 is 14.3 Å². The van der Waals surface area contributed by atoms with Gasteiger partial charge in [0.1, 0.15) is 0 Å². The lowest BCUT2D eigenvalue weighted by atomic mass is 9.50. The summed E-state index contributed by atoms with van der Waals surface area (Å²) in [4.78, 5) is 26.5. The number of amides is 2. The lowest BCUT2D eigenvalue weighted by Crippen LogP contribution is -2.51. The fourth-order valence-corrected chi connectivity index (χ4v) is 7.25. The molecule has 3 atom stereocenters. The summed E-state index contributed by atoms with van der Waals surface area (Å²) in [6.07, 6.45) is 6.73. The maximum absolute atomic E-state index is 12.6. The molecule has 3 aliphatic rings. The first-order valence-corrected chi connectivity index (χ1v) is 13.4. The van der Waals surface area contributed by atoms with Gasteiger partial charge in [-0.15, -0.1) is 0 Å². The van der Waals surface area contributed by atoms with Crippen LogP contribution in [0.25, 0.3) is 0 Å². The average Bonchev–Trinajstić information content (AvgIpc) is 3.08. The van der Waals surface area contributed by atoms with Crippen LogP contribution in [0.3, 0.4) is 0 Å². The molecule has 4 nitrogen and oxygen atoms in total. The van der Waals surface area contributed by atoms with Gasteiger partial charge in [-0.1, -0.05) is 64.4 Å². The van der Waals surface area contributed by atoms with Crippen molar-refractivity contribution in [2.45, 2.75) is 77.6 Å². The SMILES string of the molecule is CC(C)c1ccc2c(c1)CC[C@H]1[C@](C)(COCCCN3C(=O)c4ccccc4C3=O)CCC[C@]21C. The maximum atomic E-state index is 12.6. The molecule has 2 aromatic carbocycles. The molecule has 1 saturated carbocycles. The summed E-state index contributed by atoms with van der Waals surface area (Å²) in [5.41, 5.74) is 5.97. The van der Waals surface area contributed by atoms with Crippen molar-refractivity contribution in [2.75, 3.05) is 19.8 Å². The quantitative estimate of drug-likeness (QED) is 0.340. The Morgan fingerprint density at radius 3 is 2.43 bits per heavy atom. The molecule has 0 unspecified atom stereocenters. The second kappa shape index (κ2) is 9.20. The third kappa shape index (κ3) is 4.14. The van der Waals surface area contributed by atoms with Gasteiger partial charge >= 0.3 is 0 Å². The zero-order chi connectivity index (χ0) is 24.8. The average molecular weight is 474 g/mol. The van der Waals surface area contributed by atoms with Crippen molar-refractivity contribution in [1.29, 1.82) is 0 Å². The first-order chi connectivity index (χ1) is 16.7. The number of nitrogens with zero attached hydrogens (tertiary/aromatic N) is 1. The molecule has 0 radical (unpaired) electrons. The molecule has 0 spiro atoms. The molecule has 1 fully saturated rings. The van der Waals surface area contributed by atoms with Crippen LogP contribution in [0.1, 0.15) is 103 Å². The fraction of sp³-hybridized carbons (Fsp3) is 0.548. The Hall–Kier alpha value is -2.46. The standard InChI is InChI=1S/C31H39NO3/c1-21(2)22-11-13-26-23(19-22)12-14-27-30(3,15-7-16-31(26,27)4)20-35-18-8-17-32-28(33)24-9-5-6-10-25(24)29(32)34/h5-6,9-11,13,19,21,27H,7-8,12,14-18,20H2,1-4H3/t27-,30-,31+/m0/s1. The number of fused-ring (bicyclic) bond motifs is 4. The first-order valence-electron chi connectivity index (χ1n) is 13.4. The Kier molecular flexibility index (Phi) is 6.37. The molecule has 5 rings (SSSR count). The monoisotopic (exact) mass is 473 g/mol. The van der Waals surface area contributed by atoms with Crippen LogP contribution in [0.4, 0.5) is 0 Å². The van der Waals surface area contributed by atoms with Crippen molar-refractivity contribution >= 4 is 11.8 Å². The van der Waals surface area contributed by atoms with E-state index in [1.165, 1.54) is 36.1 Å². The summed E-state index contributed by atoms with van der Waals surface area (Å²) in [6, 6.07) is 14.3. The van der Waals surface area contributed by atoms with E-state index in [-0.39, 0.29) is 22.6 Å². The van der Waals surface area contributed by atoms with Crippen molar-refractivity contribution in [3.8, 4) is 0 Å². The van der Waals surface area contributed by atoms with Crippen LogP contribution in [-0.2, 0) is 16.6 Å². The number of carbonyl (C=O) groups excluding carboxylic acids is 2. The van der Waals surface area contributed by atoms with Crippen LogP contribution < -0.4 is 0 Å². The molecule has 2 amide bonds. The minimum absolute atomic E-state index is 0.150. The van der Waals surface area contributed by atoms with Gasteiger partial charge in [-0.3, -0.25) is 14.5 Å².